The minimum atomic E-state index is -2.58. The molecular weight excluding hydrogens is 500 g/mol. The zero-order valence-electron chi connectivity index (χ0n) is 21.9. The van der Waals surface area contributed by atoms with Crippen LogP contribution in [0.15, 0.2) is 48.0 Å². The van der Waals surface area contributed by atoms with Crippen LogP contribution in [0.3, 0.4) is 0 Å². The lowest BCUT2D eigenvalue weighted by atomic mass is 9.86. The van der Waals surface area contributed by atoms with E-state index in [1.54, 1.807) is 20.3 Å². The van der Waals surface area contributed by atoms with Crippen molar-refractivity contribution in [3.8, 4) is 17.2 Å². The number of benzene rings is 1. The number of Topliss-reactive ketones (excluding diaryl/α,β-unsaturated/α-hetero) is 1. The Morgan fingerprint density at radius 1 is 1.11 bits per heavy atom. The van der Waals surface area contributed by atoms with E-state index in [9.17, 15) is 13.2 Å². The third kappa shape index (κ3) is 6.19. The maximum Gasteiger partial charge on any atom is 0.218 e. The van der Waals surface area contributed by atoms with Crippen LogP contribution in [0.5, 0.6) is 17.2 Å². The Kier molecular flexibility index (Phi) is 9.82. The van der Waals surface area contributed by atoms with Crippen LogP contribution in [0.4, 0.5) is 0 Å². The number of hydrogen-bond acceptors (Lipinski definition) is 9. The van der Waals surface area contributed by atoms with Crippen molar-refractivity contribution in [1.29, 1.82) is 0 Å². The third-order valence-electron chi connectivity index (χ3n) is 6.14. The van der Waals surface area contributed by atoms with Gasteiger partial charge < -0.3 is 28.4 Å². The molecule has 10 heteroatoms. The lowest BCUT2D eigenvalue weighted by molar-refractivity contribution is -0.120. The SMILES string of the molecule is C=CC1=C(OCCC)C(OCC(C)=O)=CC([C@H]2CC[C@H](c3cc(OC)c(OC)c(OC)c3)O2)C1=S(=O)=O. The van der Waals surface area contributed by atoms with Crippen LogP contribution in [-0.4, -0.2) is 59.7 Å². The Hall–Kier alpha value is -3.24. The Balaban J connectivity index is 2.00. The van der Waals surface area contributed by atoms with Crippen LogP contribution < -0.4 is 14.2 Å². The highest BCUT2D eigenvalue weighted by molar-refractivity contribution is 7.73. The van der Waals surface area contributed by atoms with Crippen molar-refractivity contribution in [2.75, 3.05) is 34.5 Å². The summed E-state index contributed by atoms with van der Waals surface area (Å²) in [6.45, 7) is 7.35. The molecule has 2 aliphatic rings. The highest BCUT2D eigenvalue weighted by Gasteiger charge is 2.40. The predicted molar refractivity (Wildman–Crippen MR) is 139 cm³/mol. The van der Waals surface area contributed by atoms with Gasteiger partial charge in [-0.25, -0.2) is 0 Å². The smallest absolute Gasteiger partial charge is 0.218 e. The Morgan fingerprint density at radius 3 is 2.30 bits per heavy atom. The maximum atomic E-state index is 12.5. The Bertz CT molecular complexity index is 1190. The molecule has 3 atom stereocenters. The van der Waals surface area contributed by atoms with Gasteiger partial charge in [-0.3, -0.25) is 4.79 Å². The van der Waals surface area contributed by atoms with Gasteiger partial charge in [0.15, 0.2) is 28.8 Å². The number of rotatable bonds is 12. The molecule has 9 nitrogen and oxygen atoms in total. The largest absolute Gasteiger partial charge is 0.493 e. The molecule has 0 saturated carbocycles. The summed E-state index contributed by atoms with van der Waals surface area (Å²) < 4.78 is 59.3. The molecule has 202 valence electrons. The monoisotopic (exact) mass is 534 g/mol. The van der Waals surface area contributed by atoms with Gasteiger partial charge in [0.1, 0.15) is 6.61 Å². The highest BCUT2D eigenvalue weighted by atomic mass is 32.2. The lowest BCUT2D eigenvalue weighted by Crippen LogP contribution is -2.33. The first-order valence-corrected chi connectivity index (χ1v) is 13.1. The zero-order valence-corrected chi connectivity index (χ0v) is 22.7. The molecule has 0 spiro atoms. The number of hydrogen-bond donors (Lipinski definition) is 0. The van der Waals surface area contributed by atoms with E-state index in [1.807, 2.05) is 19.1 Å². The van der Waals surface area contributed by atoms with Crippen LogP contribution in [0.1, 0.15) is 44.8 Å². The van der Waals surface area contributed by atoms with Crippen molar-refractivity contribution in [3.05, 3.63) is 53.5 Å². The van der Waals surface area contributed by atoms with Gasteiger partial charge in [0, 0.05) is 11.5 Å². The van der Waals surface area contributed by atoms with Crippen LogP contribution in [0.2, 0.25) is 0 Å². The minimum Gasteiger partial charge on any atom is -0.493 e. The second-order valence-electron chi connectivity index (χ2n) is 8.64. The topological polar surface area (TPSA) is 107 Å². The van der Waals surface area contributed by atoms with Crippen molar-refractivity contribution in [2.24, 2.45) is 5.92 Å². The molecule has 1 heterocycles. The average Bonchev–Trinajstić information content (AvgIpc) is 3.39. The minimum absolute atomic E-state index is 0.117. The summed E-state index contributed by atoms with van der Waals surface area (Å²) in [4.78, 5) is 11.7. The summed E-state index contributed by atoms with van der Waals surface area (Å²) in [6, 6.07) is 3.66. The first-order valence-electron chi connectivity index (χ1n) is 12.0. The summed E-state index contributed by atoms with van der Waals surface area (Å²) >= 11 is 0. The van der Waals surface area contributed by atoms with Gasteiger partial charge in [-0.1, -0.05) is 19.6 Å². The van der Waals surface area contributed by atoms with E-state index in [1.165, 1.54) is 20.1 Å². The van der Waals surface area contributed by atoms with Gasteiger partial charge in [-0.15, -0.1) is 0 Å². The third-order valence-corrected chi connectivity index (χ3v) is 7.00. The van der Waals surface area contributed by atoms with E-state index in [4.69, 9.17) is 28.4 Å². The normalized spacial score (nSPS) is 21.3. The van der Waals surface area contributed by atoms with Crippen molar-refractivity contribution in [2.45, 2.75) is 45.3 Å². The van der Waals surface area contributed by atoms with Crippen LogP contribution in [-0.2, 0) is 29.3 Å². The molecule has 0 aromatic heterocycles. The molecular formula is C27H34O9S. The fourth-order valence-electron chi connectivity index (χ4n) is 4.51. The van der Waals surface area contributed by atoms with Gasteiger partial charge in [0.05, 0.1) is 45.0 Å². The van der Waals surface area contributed by atoms with E-state index < -0.39 is 22.3 Å². The number of carbonyl (C=O) groups excluding carboxylic acids is 1. The van der Waals surface area contributed by atoms with Gasteiger partial charge in [-0.05, 0) is 50.0 Å². The van der Waals surface area contributed by atoms with E-state index in [0.29, 0.717) is 54.5 Å². The van der Waals surface area contributed by atoms with Gasteiger partial charge >= 0.3 is 0 Å². The average molecular weight is 535 g/mol. The lowest BCUT2D eigenvalue weighted by Gasteiger charge is -2.29. The zero-order chi connectivity index (χ0) is 27.1. The van der Waals surface area contributed by atoms with Crippen molar-refractivity contribution in [3.63, 3.8) is 0 Å². The van der Waals surface area contributed by atoms with Crippen molar-refractivity contribution in [1.82, 2.24) is 0 Å². The first kappa shape index (κ1) is 28.3. The first-order chi connectivity index (χ1) is 17.8. The molecule has 1 saturated heterocycles. The second-order valence-corrected chi connectivity index (χ2v) is 9.55. The number of ether oxygens (including phenoxy) is 6. The van der Waals surface area contributed by atoms with E-state index in [2.05, 4.69) is 6.58 Å². The van der Waals surface area contributed by atoms with Crippen molar-refractivity contribution >= 4 is 20.9 Å². The van der Waals surface area contributed by atoms with Crippen LogP contribution in [0.25, 0.3) is 0 Å². The highest BCUT2D eigenvalue weighted by Crippen LogP contribution is 2.45. The fourth-order valence-corrected chi connectivity index (χ4v) is 5.31. The van der Waals surface area contributed by atoms with Crippen LogP contribution in [0, 0.1) is 5.92 Å². The summed E-state index contributed by atoms with van der Waals surface area (Å²) in [5.74, 6) is 1.21. The molecule has 37 heavy (non-hydrogen) atoms. The molecule has 0 radical (unpaired) electrons. The molecule has 1 aromatic rings. The predicted octanol–water partition coefficient (Wildman–Crippen LogP) is 3.97. The van der Waals surface area contributed by atoms with E-state index >= 15 is 0 Å². The molecule has 1 aliphatic carbocycles. The molecule has 1 unspecified atom stereocenters. The molecule has 1 fully saturated rings. The second kappa shape index (κ2) is 12.8. The number of allylic oxidation sites excluding steroid dienone is 2. The fraction of sp³-hybridized carbons (Fsp3) is 0.481. The van der Waals surface area contributed by atoms with E-state index in [-0.39, 0.29) is 29.1 Å². The molecule has 0 bridgehead atoms. The molecule has 3 rings (SSSR count). The summed E-state index contributed by atoms with van der Waals surface area (Å²) in [5, 5.41) is 0. The standard InChI is InChI=1S/C27H34O9S/c1-7-11-34-25-18(8-2)27(37(29)30)19(14-24(25)35-15-16(3)28)21-10-9-20(36-21)17-12-22(31-4)26(33-6)23(13-17)32-5/h8,12-14,19-21H,2,7,9-11,15H2,1,3-6H3/t19?,20-,21-/m1/s1. The molecule has 0 amide bonds. The van der Waals surface area contributed by atoms with Crippen molar-refractivity contribution < 1.29 is 41.6 Å². The summed E-state index contributed by atoms with van der Waals surface area (Å²) in [7, 11) is 2.04. The Labute approximate surface area is 219 Å². The summed E-state index contributed by atoms with van der Waals surface area (Å²) in [6.07, 6.45) is 4.24. The molecule has 1 aromatic carbocycles. The van der Waals surface area contributed by atoms with Gasteiger partial charge in [0.2, 0.25) is 16.0 Å². The van der Waals surface area contributed by atoms with Gasteiger partial charge in [0.25, 0.3) is 0 Å². The van der Waals surface area contributed by atoms with Gasteiger partial charge in [-0.2, -0.15) is 8.42 Å². The summed E-state index contributed by atoms with van der Waals surface area (Å²) in [5.41, 5.74) is 1.13. The number of methoxy groups -OCH3 is 3. The molecule has 1 aliphatic heterocycles. The molecule has 0 N–H and O–H groups in total. The van der Waals surface area contributed by atoms with E-state index in [0.717, 1.165) is 5.56 Å². The Morgan fingerprint density at radius 2 is 1.78 bits per heavy atom. The quantitative estimate of drug-likeness (QED) is 0.368. The van der Waals surface area contributed by atoms with Crippen LogP contribution >= 0.6 is 0 Å². The number of carbonyl (C=O) groups is 1. The maximum absolute atomic E-state index is 12.5. The number of ketones is 1.